The number of fused-ring (bicyclic) bond motifs is 2. The van der Waals surface area contributed by atoms with Crippen molar-refractivity contribution < 1.29 is 9.18 Å². The average Bonchev–Trinajstić information content (AvgIpc) is 3.28. The molecule has 32 heavy (non-hydrogen) atoms. The molecule has 1 amide bonds. The lowest BCUT2D eigenvalue weighted by atomic mass is 10.00. The summed E-state index contributed by atoms with van der Waals surface area (Å²) in [5, 5.41) is 11.8. The molecule has 0 saturated carbocycles. The van der Waals surface area contributed by atoms with Gasteiger partial charge in [-0.05, 0) is 45.1 Å². The summed E-state index contributed by atoms with van der Waals surface area (Å²) in [6.07, 6.45) is 4.94. The zero-order valence-corrected chi connectivity index (χ0v) is 18.6. The van der Waals surface area contributed by atoms with Crippen molar-refractivity contribution in [3.8, 4) is 0 Å². The van der Waals surface area contributed by atoms with E-state index >= 15 is 0 Å². The smallest absolute Gasteiger partial charge is 0.257 e. The molecular formula is C23H26FN7O. The second-order valence-electron chi connectivity index (χ2n) is 9.12. The number of benzene rings is 1. The fourth-order valence-corrected chi connectivity index (χ4v) is 4.56. The first kappa shape index (κ1) is 20.6. The molecule has 1 atom stereocenters. The molecule has 1 unspecified atom stereocenters. The summed E-state index contributed by atoms with van der Waals surface area (Å²) >= 11 is 0. The molecule has 2 N–H and O–H groups in total. The first-order chi connectivity index (χ1) is 15.2. The van der Waals surface area contributed by atoms with E-state index in [0.717, 1.165) is 30.7 Å². The van der Waals surface area contributed by atoms with Crippen LogP contribution in [-0.2, 0) is 7.05 Å². The van der Waals surface area contributed by atoms with E-state index in [0.29, 0.717) is 22.6 Å². The maximum Gasteiger partial charge on any atom is 0.257 e. The molecule has 1 saturated heterocycles. The van der Waals surface area contributed by atoms with E-state index in [4.69, 9.17) is 0 Å². The number of hydrogen-bond acceptors (Lipinski definition) is 6. The van der Waals surface area contributed by atoms with Gasteiger partial charge in [0.15, 0.2) is 0 Å². The number of carbonyl (C=O) groups excluding carboxylic acids is 1. The molecule has 3 aliphatic rings. The Bertz CT molecular complexity index is 1250. The summed E-state index contributed by atoms with van der Waals surface area (Å²) in [4.78, 5) is 23.9. The van der Waals surface area contributed by atoms with Crippen LogP contribution in [0.4, 0.5) is 10.1 Å². The molecule has 1 aromatic heterocycles. The Morgan fingerprint density at radius 2 is 2.16 bits per heavy atom. The highest BCUT2D eigenvalue weighted by molar-refractivity contribution is 6.15. The third-order valence-electron chi connectivity index (χ3n) is 5.94. The number of carbonyl (C=O) groups is 1. The molecule has 0 radical (unpaired) electrons. The van der Waals surface area contributed by atoms with E-state index in [9.17, 15) is 9.18 Å². The first-order valence-corrected chi connectivity index (χ1v) is 10.7. The quantitative estimate of drug-likeness (QED) is 0.776. The molecule has 166 valence electrons. The summed E-state index contributed by atoms with van der Waals surface area (Å²) in [6, 6.07) is 3.27. The van der Waals surface area contributed by atoms with Crippen LogP contribution in [0.3, 0.4) is 0 Å². The van der Waals surface area contributed by atoms with Crippen LogP contribution in [0.5, 0.6) is 0 Å². The Balaban J connectivity index is 1.46. The van der Waals surface area contributed by atoms with Crippen LogP contribution in [0.1, 0.15) is 31.1 Å². The molecule has 5 rings (SSSR count). The van der Waals surface area contributed by atoms with E-state index in [2.05, 4.69) is 44.5 Å². The minimum absolute atomic E-state index is 0.00404. The standard InChI is InChI=1S/C23H26FN7O/c1-13-26-18-10-14(9-17(24)21(18)27-13)28-22(32)15-5-6-19(16-11-30(4)29-20(15)16)31-8-7-25-23(2,3)12-31/h5-6,9-11,18,25H,7-8,12H2,1-4H3,(H,28,32). The monoisotopic (exact) mass is 435 g/mol. The van der Waals surface area contributed by atoms with Crippen molar-refractivity contribution in [2.75, 3.05) is 24.5 Å². The van der Waals surface area contributed by atoms with Gasteiger partial charge in [0.05, 0.1) is 5.56 Å². The third-order valence-corrected chi connectivity index (χ3v) is 5.94. The zero-order chi connectivity index (χ0) is 22.6. The van der Waals surface area contributed by atoms with Gasteiger partial charge in [-0.15, -0.1) is 0 Å². The largest absolute Gasteiger partial charge is 0.368 e. The molecule has 2 aromatic rings. The minimum Gasteiger partial charge on any atom is -0.368 e. The topological polar surface area (TPSA) is 86.9 Å². The number of aromatic nitrogens is 2. The third kappa shape index (κ3) is 3.62. The van der Waals surface area contributed by atoms with Crippen LogP contribution in [0.15, 0.2) is 52.0 Å². The van der Waals surface area contributed by atoms with E-state index in [-0.39, 0.29) is 17.2 Å². The number of piperazine rings is 1. The highest BCUT2D eigenvalue weighted by Gasteiger charge is 2.29. The van der Waals surface area contributed by atoms with Crippen molar-refractivity contribution >= 4 is 34.0 Å². The summed E-state index contributed by atoms with van der Waals surface area (Å²) in [7, 11) is 1.84. The number of aryl methyl sites for hydroxylation is 1. The van der Waals surface area contributed by atoms with Gasteiger partial charge < -0.3 is 15.5 Å². The van der Waals surface area contributed by atoms with Crippen LogP contribution < -0.4 is 15.5 Å². The number of halogens is 1. The molecular weight excluding hydrogens is 409 g/mol. The fourth-order valence-electron chi connectivity index (χ4n) is 4.56. The maximum absolute atomic E-state index is 14.4. The summed E-state index contributed by atoms with van der Waals surface area (Å²) in [5.74, 6) is -0.289. The highest BCUT2D eigenvalue weighted by atomic mass is 19.1. The summed E-state index contributed by atoms with van der Waals surface area (Å²) < 4.78 is 16.2. The van der Waals surface area contributed by atoms with Gasteiger partial charge in [0.2, 0.25) is 0 Å². The van der Waals surface area contributed by atoms with E-state index in [1.54, 1.807) is 23.7 Å². The number of aliphatic imine (C=N–C) groups is 2. The van der Waals surface area contributed by atoms with Gasteiger partial charge in [-0.2, -0.15) is 5.10 Å². The maximum atomic E-state index is 14.4. The highest BCUT2D eigenvalue weighted by Crippen LogP contribution is 2.31. The average molecular weight is 436 g/mol. The number of hydrogen-bond donors (Lipinski definition) is 2. The number of anilines is 1. The Morgan fingerprint density at radius 3 is 2.94 bits per heavy atom. The minimum atomic E-state index is -0.497. The number of nitrogens with one attached hydrogen (secondary N) is 2. The van der Waals surface area contributed by atoms with Crippen LogP contribution in [0.2, 0.25) is 0 Å². The van der Waals surface area contributed by atoms with Crippen molar-refractivity contribution in [2.24, 2.45) is 17.0 Å². The van der Waals surface area contributed by atoms with Crippen molar-refractivity contribution in [1.82, 2.24) is 20.4 Å². The van der Waals surface area contributed by atoms with Crippen LogP contribution >= 0.6 is 0 Å². The van der Waals surface area contributed by atoms with Gasteiger partial charge in [0.25, 0.3) is 5.91 Å². The Morgan fingerprint density at radius 1 is 1.34 bits per heavy atom. The molecule has 9 heteroatoms. The molecule has 1 fully saturated rings. The Kier molecular flexibility index (Phi) is 4.74. The second kappa shape index (κ2) is 7.37. The van der Waals surface area contributed by atoms with E-state index < -0.39 is 11.9 Å². The molecule has 1 aromatic carbocycles. The van der Waals surface area contributed by atoms with E-state index in [1.807, 2.05) is 19.3 Å². The number of nitrogens with zero attached hydrogens (tertiary/aromatic N) is 5. The lowest BCUT2D eigenvalue weighted by Gasteiger charge is -2.40. The predicted octanol–water partition coefficient (Wildman–Crippen LogP) is 2.48. The SMILES string of the molecule is CC1=NC2C=C(NC(=O)c3ccc(N4CCNC(C)(C)C4)c4cn(C)nc34)C=C(F)C2=N1. The first-order valence-electron chi connectivity index (χ1n) is 10.7. The molecule has 0 spiro atoms. The van der Waals surface area contributed by atoms with Crippen molar-refractivity contribution in [3.05, 3.63) is 47.6 Å². The lowest BCUT2D eigenvalue weighted by molar-refractivity contribution is 0.0968. The van der Waals surface area contributed by atoms with Gasteiger partial charge in [0.1, 0.15) is 28.9 Å². The number of amidine groups is 1. The summed E-state index contributed by atoms with van der Waals surface area (Å²) in [5.41, 5.74) is 2.77. The van der Waals surface area contributed by atoms with Gasteiger partial charge in [-0.3, -0.25) is 14.5 Å². The molecule has 3 heterocycles. The van der Waals surface area contributed by atoms with Crippen LogP contribution in [0.25, 0.3) is 10.9 Å². The molecule has 0 bridgehead atoms. The number of amides is 1. The van der Waals surface area contributed by atoms with Crippen molar-refractivity contribution in [1.29, 1.82) is 0 Å². The Labute approximate surface area is 185 Å². The van der Waals surface area contributed by atoms with Crippen LogP contribution in [-0.4, -0.2) is 58.5 Å². The van der Waals surface area contributed by atoms with Crippen LogP contribution in [0, 0.1) is 0 Å². The second-order valence-corrected chi connectivity index (χ2v) is 9.12. The molecule has 1 aliphatic carbocycles. The molecule has 2 aliphatic heterocycles. The van der Waals surface area contributed by atoms with Gasteiger partial charge in [-0.25, -0.2) is 9.38 Å². The Hall–Kier alpha value is -3.33. The van der Waals surface area contributed by atoms with Gasteiger partial charge in [-0.1, -0.05) is 0 Å². The van der Waals surface area contributed by atoms with Gasteiger partial charge >= 0.3 is 0 Å². The fraction of sp³-hybridized carbons (Fsp3) is 0.391. The van der Waals surface area contributed by atoms with E-state index in [1.165, 1.54) is 6.08 Å². The predicted molar refractivity (Wildman–Crippen MR) is 124 cm³/mol. The summed E-state index contributed by atoms with van der Waals surface area (Å²) in [6.45, 7) is 8.70. The van der Waals surface area contributed by atoms with Crippen molar-refractivity contribution in [2.45, 2.75) is 32.4 Å². The van der Waals surface area contributed by atoms with Crippen molar-refractivity contribution in [3.63, 3.8) is 0 Å². The number of rotatable bonds is 3. The normalized spacial score (nSPS) is 22.2. The lowest BCUT2D eigenvalue weighted by Crippen LogP contribution is -2.57. The molecule has 8 nitrogen and oxygen atoms in total. The van der Waals surface area contributed by atoms with Gasteiger partial charge in [0, 0.05) is 55.2 Å². The number of allylic oxidation sites excluding steroid dienone is 1. The zero-order valence-electron chi connectivity index (χ0n) is 18.6.